The molecule has 0 aromatic rings. The molecule has 0 fully saturated rings. The van der Waals surface area contributed by atoms with Gasteiger partial charge in [-0.25, -0.2) is 4.79 Å². The molecule has 0 aromatic carbocycles. The Kier molecular flexibility index (Phi) is 6.74. The van der Waals surface area contributed by atoms with E-state index in [2.05, 4.69) is 10.6 Å². The Hall–Kier alpha value is -0.420. The third kappa shape index (κ3) is 6.10. The predicted octanol–water partition coefficient (Wildman–Crippen LogP) is 1.19. The Balaban J connectivity index is 3.81. The normalized spacial score (nSPS) is 14.3. The van der Waals surface area contributed by atoms with Crippen LogP contribution in [0.1, 0.15) is 13.8 Å². The second kappa shape index (κ2) is 6.95. The maximum atomic E-state index is 11.1. The summed E-state index contributed by atoms with van der Waals surface area (Å²) >= 11 is 7.10. The van der Waals surface area contributed by atoms with Crippen LogP contribution in [0.15, 0.2) is 0 Å². The van der Waals surface area contributed by atoms with Crippen LogP contribution in [0.5, 0.6) is 0 Å². The number of nitrogens with one attached hydrogen (secondary N) is 2. The van der Waals surface area contributed by atoms with Gasteiger partial charge >= 0.3 is 6.03 Å². The highest BCUT2D eigenvalue weighted by molar-refractivity contribution is 7.98. The van der Waals surface area contributed by atoms with Crippen molar-refractivity contribution in [3.05, 3.63) is 0 Å². The first kappa shape index (κ1) is 13.6. The molecule has 0 aliphatic rings. The lowest BCUT2D eigenvalue weighted by molar-refractivity contribution is -0.119. The lowest BCUT2D eigenvalue weighted by Gasteiger charge is -2.13. The van der Waals surface area contributed by atoms with E-state index in [0.717, 1.165) is 5.75 Å². The van der Waals surface area contributed by atoms with Crippen molar-refractivity contribution in [3.8, 4) is 0 Å². The quantitative estimate of drug-likeness (QED) is 0.724. The molecular formula is C8H15ClN2O2S. The number of hydrogen-bond acceptors (Lipinski definition) is 3. The van der Waals surface area contributed by atoms with E-state index in [0.29, 0.717) is 0 Å². The van der Waals surface area contributed by atoms with Crippen LogP contribution in [0, 0.1) is 0 Å². The third-order valence-electron chi connectivity index (χ3n) is 1.39. The van der Waals surface area contributed by atoms with Crippen molar-refractivity contribution >= 4 is 35.3 Å². The Morgan fingerprint density at radius 2 is 2.00 bits per heavy atom. The molecule has 2 N–H and O–H groups in total. The Bertz CT molecular complexity index is 212. The first-order valence-corrected chi connectivity index (χ1v) is 6.04. The molecule has 0 rings (SSSR count). The molecule has 14 heavy (non-hydrogen) atoms. The van der Waals surface area contributed by atoms with E-state index in [9.17, 15) is 9.59 Å². The molecule has 82 valence electrons. The summed E-state index contributed by atoms with van der Waals surface area (Å²) in [4.78, 5) is 22.1. The number of halogens is 1. The summed E-state index contributed by atoms with van der Waals surface area (Å²) in [6.07, 6.45) is 1.95. The van der Waals surface area contributed by atoms with E-state index in [1.165, 1.54) is 6.92 Å². The summed E-state index contributed by atoms with van der Waals surface area (Å²) < 4.78 is 0. The molecule has 2 atom stereocenters. The van der Waals surface area contributed by atoms with Crippen molar-refractivity contribution in [2.75, 3.05) is 12.0 Å². The largest absolute Gasteiger partial charge is 0.335 e. The molecule has 4 nitrogen and oxygen atoms in total. The summed E-state index contributed by atoms with van der Waals surface area (Å²) in [7, 11) is 0. The monoisotopic (exact) mass is 238 g/mol. The Morgan fingerprint density at radius 1 is 1.43 bits per heavy atom. The van der Waals surface area contributed by atoms with Crippen molar-refractivity contribution in [2.45, 2.75) is 25.3 Å². The van der Waals surface area contributed by atoms with E-state index in [4.69, 9.17) is 11.6 Å². The van der Waals surface area contributed by atoms with Gasteiger partial charge in [-0.2, -0.15) is 11.8 Å². The van der Waals surface area contributed by atoms with Gasteiger partial charge in [0.1, 0.15) is 5.38 Å². The number of carbonyl (C=O) groups is 2. The van der Waals surface area contributed by atoms with E-state index in [-0.39, 0.29) is 6.04 Å². The molecule has 0 spiro atoms. The van der Waals surface area contributed by atoms with E-state index in [1.54, 1.807) is 11.8 Å². The molecule has 0 radical (unpaired) electrons. The summed E-state index contributed by atoms with van der Waals surface area (Å²) in [6, 6.07) is -0.465. The Labute approximate surface area is 93.1 Å². The molecule has 0 saturated heterocycles. The molecule has 0 bridgehead atoms. The molecule has 0 aliphatic heterocycles. The fourth-order valence-corrected chi connectivity index (χ4v) is 1.40. The number of alkyl halides is 1. The SMILES string of the molecule is CSCC(C)NC(=O)NC(=O)C(C)Cl. The zero-order valence-electron chi connectivity index (χ0n) is 8.46. The first-order valence-electron chi connectivity index (χ1n) is 4.21. The van der Waals surface area contributed by atoms with Crippen LogP contribution in [0.4, 0.5) is 4.79 Å². The minimum Gasteiger partial charge on any atom is -0.335 e. The molecule has 6 heteroatoms. The van der Waals surface area contributed by atoms with Crippen LogP contribution in [0.3, 0.4) is 0 Å². The van der Waals surface area contributed by atoms with Crippen LogP contribution >= 0.6 is 23.4 Å². The number of hydrogen-bond donors (Lipinski definition) is 2. The van der Waals surface area contributed by atoms with Crippen LogP contribution in [-0.4, -0.2) is 35.4 Å². The van der Waals surface area contributed by atoms with Gasteiger partial charge in [-0.15, -0.1) is 11.6 Å². The number of amides is 3. The number of urea groups is 1. The van der Waals surface area contributed by atoms with Gasteiger partial charge in [0.2, 0.25) is 5.91 Å². The average molecular weight is 239 g/mol. The molecule has 3 amide bonds. The van der Waals surface area contributed by atoms with Gasteiger partial charge < -0.3 is 5.32 Å². The molecule has 0 aromatic heterocycles. The highest BCUT2D eigenvalue weighted by Gasteiger charge is 2.13. The van der Waals surface area contributed by atoms with Crippen molar-refractivity contribution in [3.63, 3.8) is 0 Å². The van der Waals surface area contributed by atoms with Crippen LogP contribution in [0.2, 0.25) is 0 Å². The number of rotatable bonds is 4. The lowest BCUT2D eigenvalue weighted by Crippen LogP contribution is -2.46. The highest BCUT2D eigenvalue weighted by Crippen LogP contribution is 1.96. The van der Waals surface area contributed by atoms with Crippen LogP contribution < -0.4 is 10.6 Å². The van der Waals surface area contributed by atoms with Gasteiger partial charge in [0.05, 0.1) is 0 Å². The lowest BCUT2D eigenvalue weighted by atomic mass is 10.4. The highest BCUT2D eigenvalue weighted by atomic mass is 35.5. The van der Waals surface area contributed by atoms with Gasteiger partial charge in [0, 0.05) is 11.8 Å². The molecule has 2 unspecified atom stereocenters. The summed E-state index contributed by atoms with van der Waals surface area (Å²) in [5.74, 6) is 0.318. The number of imide groups is 1. The zero-order chi connectivity index (χ0) is 11.1. The van der Waals surface area contributed by atoms with Crippen LogP contribution in [0.25, 0.3) is 0 Å². The van der Waals surface area contributed by atoms with Crippen LogP contribution in [-0.2, 0) is 4.79 Å². The topological polar surface area (TPSA) is 58.2 Å². The summed E-state index contributed by atoms with van der Waals surface area (Å²) in [5.41, 5.74) is 0. The van der Waals surface area contributed by atoms with Gasteiger partial charge in [0.25, 0.3) is 0 Å². The van der Waals surface area contributed by atoms with E-state index < -0.39 is 17.3 Å². The minimum atomic E-state index is -0.698. The smallest absolute Gasteiger partial charge is 0.321 e. The fourth-order valence-electron chi connectivity index (χ4n) is 0.763. The van der Waals surface area contributed by atoms with E-state index in [1.807, 2.05) is 13.2 Å². The fraction of sp³-hybridized carbons (Fsp3) is 0.750. The average Bonchev–Trinajstić information content (AvgIpc) is 2.03. The van der Waals surface area contributed by atoms with Crippen molar-refractivity contribution < 1.29 is 9.59 Å². The van der Waals surface area contributed by atoms with Gasteiger partial charge in [-0.1, -0.05) is 0 Å². The van der Waals surface area contributed by atoms with Gasteiger partial charge in [-0.05, 0) is 20.1 Å². The van der Waals surface area contributed by atoms with Crippen molar-refractivity contribution in [1.82, 2.24) is 10.6 Å². The third-order valence-corrected chi connectivity index (χ3v) is 2.42. The molecule has 0 heterocycles. The second-order valence-electron chi connectivity index (χ2n) is 2.94. The molecule has 0 saturated carbocycles. The summed E-state index contributed by atoms with van der Waals surface area (Å²) in [6.45, 7) is 3.38. The second-order valence-corrected chi connectivity index (χ2v) is 4.50. The van der Waals surface area contributed by atoms with Crippen molar-refractivity contribution in [1.29, 1.82) is 0 Å². The molecule has 0 aliphatic carbocycles. The van der Waals surface area contributed by atoms with E-state index >= 15 is 0 Å². The standard InChI is InChI=1S/C8H15ClN2O2S/c1-5(4-14-3)10-8(13)11-7(12)6(2)9/h5-6H,4H2,1-3H3,(H2,10,11,12,13). The van der Waals surface area contributed by atoms with Crippen molar-refractivity contribution in [2.24, 2.45) is 0 Å². The number of carbonyl (C=O) groups excluding carboxylic acids is 2. The first-order chi connectivity index (χ1) is 6.47. The summed E-state index contributed by atoms with van der Waals surface area (Å²) in [5, 5.41) is 4.06. The maximum absolute atomic E-state index is 11.1. The Morgan fingerprint density at radius 3 is 2.43 bits per heavy atom. The predicted molar refractivity (Wildman–Crippen MR) is 59.8 cm³/mol. The zero-order valence-corrected chi connectivity index (χ0v) is 10.0. The van der Waals surface area contributed by atoms with Gasteiger partial charge in [0.15, 0.2) is 0 Å². The minimum absolute atomic E-state index is 0.0310. The molecular weight excluding hydrogens is 224 g/mol. The van der Waals surface area contributed by atoms with Gasteiger partial charge in [-0.3, -0.25) is 10.1 Å². The maximum Gasteiger partial charge on any atom is 0.321 e. The number of thioether (sulfide) groups is 1.